The summed E-state index contributed by atoms with van der Waals surface area (Å²) in [6.07, 6.45) is 0. The second kappa shape index (κ2) is 7.01. The second-order valence-corrected chi connectivity index (χ2v) is 3.99. The van der Waals surface area contributed by atoms with Gasteiger partial charge in [0.1, 0.15) is 6.54 Å². The summed E-state index contributed by atoms with van der Waals surface area (Å²) < 4.78 is 4.55. The number of likely N-dealkylation sites (N-methyl/N-ethyl adjacent to an activating group) is 1. The van der Waals surface area contributed by atoms with Gasteiger partial charge < -0.3 is 9.64 Å². The summed E-state index contributed by atoms with van der Waals surface area (Å²) >= 11 is 5.68. The van der Waals surface area contributed by atoms with Gasteiger partial charge in [0.25, 0.3) is 5.91 Å². The summed E-state index contributed by atoms with van der Waals surface area (Å²) in [7, 11) is 1.30. The minimum Gasteiger partial charge on any atom is -0.468 e. The molecule has 0 aliphatic heterocycles. The Morgan fingerprint density at radius 3 is 2.33 bits per heavy atom. The summed E-state index contributed by atoms with van der Waals surface area (Å²) in [5.74, 6) is -0.208. The molecule has 0 aliphatic carbocycles. The third kappa shape index (κ3) is 3.74. The van der Waals surface area contributed by atoms with Crippen LogP contribution in [0.5, 0.6) is 0 Å². The van der Waals surface area contributed by atoms with Crippen molar-refractivity contribution in [3.63, 3.8) is 0 Å². The van der Waals surface area contributed by atoms with Gasteiger partial charge in [-0.3, -0.25) is 9.59 Å². The van der Waals surface area contributed by atoms with Crippen LogP contribution in [0.4, 0.5) is 0 Å². The third-order valence-electron chi connectivity index (χ3n) is 2.57. The average molecular weight is 270 g/mol. The van der Waals surface area contributed by atoms with Gasteiger partial charge in [0.15, 0.2) is 0 Å². The highest BCUT2D eigenvalue weighted by Gasteiger charge is 2.17. The molecule has 1 aromatic rings. The SMILES string of the molecule is CCN(CC(=O)OC)C(=O)c1ccc(CCl)cc1. The van der Waals surface area contributed by atoms with E-state index in [0.29, 0.717) is 18.0 Å². The van der Waals surface area contributed by atoms with Crippen molar-refractivity contribution in [1.82, 2.24) is 4.90 Å². The molecular formula is C13H16ClNO3. The van der Waals surface area contributed by atoms with E-state index in [1.807, 2.05) is 6.92 Å². The summed E-state index contributed by atoms with van der Waals surface area (Å²) in [5, 5.41) is 0. The lowest BCUT2D eigenvalue weighted by Crippen LogP contribution is -2.36. The molecule has 0 spiro atoms. The number of halogens is 1. The number of ether oxygens (including phenoxy) is 1. The van der Waals surface area contributed by atoms with Crippen molar-refractivity contribution in [3.05, 3.63) is 35.4 Å². The fourth-order valence-corrected chi connectivity index (χ4v) is 1.64. The molecule has 5 heteroatoms. The predicted molar refractivity (Wildman–Crippen MR) is 69.6 cm³/mol. The molecule has 0 unspecified atom stereocenters. The molecule has 0 fully saturated rings. The van der Waals surface area contributed by atoms with Crippen LogP contribution in [0.1, 0.15) is 22.8 Å². The maximum absolute atomic E-state index is 12.1. The largest absolute Gasteiger partial charge is 0.468 e. The van der Waals surface area contributed by atoms with Crippen LogP contribution in [0.15, 0.2) is 24.3 Å². The van der Waals surface area contributed by atoms with E-state index in [1.165, 1.54) is 12.0 Å². The molecule has 0 bridgehead atoms. The van der Waals surface area contributed by atoms with E-state index in [9.17, 15) is 9.59 Å². The van der Waals surface area contributed by atoms with Crippen molar-refractivity contribution in [2.24, 2.45) is 0 Å². The summed E-state index contributed by atoms with van der Waals surface area (Å²) in [5.41, 5.74) is 1.49. The summed E-state index contributed by atoms with van der Waals surface area (Å²) in [6.45, 7) is 2.22. The molecule has 0 aliphatic rings. The first-order valence-electron chi connectivity index (χ1n) is 5.63. The summed E-state index contributed by atoms with van der Waals surface area (Å²) in [6, 6.07) is 7.01. The Labute approximate surface area is 111 Å². The van der Waals surface area contributed by atoms with Gasteiger partial charge in [-0.15, -0.1) is 11.6 Å². The number of esters is 1. The monoisotopic (exact) mass is 269 g/mol. The average Bonchev–Trinajstić information content (AvgIpc) is 2.43. The summed E-state index contributed by atoms with van der Waals surface area (Å²) in [4.78, 5) is 24.7. The molecule has 18 heavy (non-hydrogen) atoms. The number of carbonyl (C=O) groups excluding carboxylic acids is 2. The Hall–Kier alpha value is -1.55. The Bertz CT molecular complexity index is 417. The van der Waals surface area contributed by atoms with E-state index in [4.69, 9.17) is 11.6 Å². The molecule has 0 heterocycles. The zero-order chi connectivity index (χ0) is 13.5. The number of methoxy groups -OCH3 is 1. The lowest BCUT2D eigenvalue weighted by atomic mass is 10.1. The first kappa shape index (κ1) is 14.5. The highest BCUT2D eigenvalue weighted by atomic mass is 35.5. The Balaban J connectivity index is 2.79. The first-order chi connectivity index (χ1) is 8.62. The van der Waals surface area contributed by atoms with E-state index >= 15 is 0 Å². The maximum Gasteiger partial charge on any atom is 0.325 e. The molecule has 0 N–H and O–H groups in total. The van der Waals surface area contributed by atoms with E-state index in [2.05, 4.69) is 4.74 Å². The van der Waals surface area contributed by atoms with Gasteiger partial charge in [0.2, 0.25) is 0 Å². The molecule has 0 saturated carbocycles. The van der Waals surface area contributed by atoms with Crippen LogP contribution in [0.25, 0.3) is 0 Å². The van der Waals surface area contributed by atoms with Crippen LogP contribution >= 0.6 is 11.6 Å². The second-order valence-electron chi connectivity index (χ2n) is 3.73. The van der Waals surface area contributed by atoms with Crippen LogP contribution in [-0.4, -0.2) is 37.0 Å². The molecular weight excluding hydrogens is 254 g/mol. The fraction of sp³-hybridized carbons (Fsp3) is 0.385. The number of amides is 1. The van der Waals surface area contributed by atoms with Gasteiger partial charge in [-0.05, 0) is 24.6 Å². The van der Waals surface area contributed by atoms with Gasteiger partial charge in [0, 0.05) is 18.0 Å². The number of alkyl halides is 1. The number of benzene rings is 1. The standard InChI is InChI=1S/C13H16ClNO3/c1-3-15(9-12(16)18-2)13(17)11-6-4-10(8-14)5-7-11/h4-7H,3,8-9H2,1-2H3. The van der Waals surface area contributed by atoms with Crippen LogP contribution in [0, 0.1) is 0 Å². The van der Waals surface area contributed by atoms with Crippen molar-refractivity contribution >= 4 is 23.5 Å². The smallest absolute Gasteiger partial charge is 0.325 e. The van der Waals surface area contributed by atoms with E-state index in [0.717, 1.165) is 5.56 Å². The molecule has 0 atom stereocenters. The van der Waals surface area contributed by atoms with Crippen LogP contribution in [0.2, 0.25) is 0 Å². The van der Waals surface area contributed by atoms with E-state index in [1.54, 1.807) is 24.3 Å². The highest BCUT2D eigenvalue weighted by molar-refractivity contribution is 6.17. The predicted octanol–water partition coefficient (Wildman–Crippen LogP) is 2.06. The number of rotatable bonds is 5. The van der Waals surface area contributed by atoms with Crippen LogP contribution < -0.4 is 0 Å². The zero-order valence-corrected chi connectivity index (χ0v) is 11.2. The van der Waals surface area contributed by atoms with Gasteiger partial charge >= 0.3 is 5.97 Å². The fourth-order valence-electron chi connectivity index (χ4n) is 1.47. The first-order valence-corrected chi connectivity index (χ1v) is 6.16. The molecule has 1 amide bonds. The lowest BCUT2D eigenvalue weighted by Gasteiger charge is -2.19. The van der Waals surface area contributed by atoms with Crippen LogP contribution in [0.3, 0.4) is 0 Å². The zero-order valence-electron chi connectivity index (χ0n) is 10.5. The molecule has 0 aromatic heterocycles. The van der Waals surface area contributed by atoms with Crippen LogP contribution in [-0.2, 0) is 15.4 Å². The Kier molecular flexibility index (Phi) is 5.65. The maximum atomic E-state index is 12.1. The molecule has 98 valence electrons. The lowest BCUT2D eigenvalue weighted by molar-refractivity contribution is -0.141. The normalized spacial score (nSPS) is 9.94. The van der Waals surface area contributed by atoms with Crippen molar-refractivity contribution in [2.75, 3.05) is 20.2 Å². The number of nitrogens with zero attached hydrogens (tertiary/aromatic N) is 1. The van der Waals surface area contributed by atoms with E-state index < -0.39 is 5.97 Å². The highest BCUT2D eigenvalue weighted by Crippen LogP contribution is 2.09. The van der Waals surface area contributed by atoms with Crippen molar-refractivity contribution in [1.29, 1.82) is 0 Å². The van der Waals surface area contributed by atoms with Gasteiger partial charge in [0.05, 0.1) is 7.11 Å². The quantitative estimate of drug-likeness (QED) is 0.607. The van der Waals surface area contributed by atoms with Crippen molar-refractivity contribution in [3.8, 4) is 0 Å². The van der Waals surface area contributed by atoms with Gasteiger partial charge in [-0.1, -0.05) is 12.1 Å². The third-order valence-corrected chi connectivity index (χ3v) is 2.88. The van der Waals surface area contributed by atoms with Gasteiger partial charge in [-0.25, -0.2) is 0 Å². The Morgan fingerprint density at radius 1 is 1.28 bits per heavy atom. The molecule has 1 rings (SSSR count). The number of hydrogen-bond acceptors (Lipinski definition) is 3. The van der Waals surface area contributed by atoms with Crippen molar-refractivity contribution in [2.45, 2.75) is 12.8 Å². The topological polar surface area (TPSA) is 46.6 Å². The minimum absolute atomic E-state index is 0.0386. The number of carbonyl (C=O) groups is 2. The molecule has 1 aromatic carbocycles. The minimum atomic E-state index is -0.428. The Morgan fingerprint density at radius 2 is 1.89 bits per heavy atom. The molecule has 0 radical (unpaired) electrons. The van der Waals surface area contributed by atoms with Gasteiger partial charge in [-0.2, -0.15) is 0 Å². The molecule has 0 saturated heterocycles. The van der Waals surface area contributed by atoms with E-state index in [-0.39, 0.29) is 12.5 Å². The molecule has 4 nitrogen and oxygen atoms in total. The van der Waals surface area contributed by atoms with Crippen molar-refractivity contribution < 1.29 is 14.3 Å². The number of hydrogen-bond donors (Lipinski definition) is 0.